The van der Waals surface area contributed by atoms with Crippen LogP contribution in [-0.2, 0) is 11.2 Å². The molecule has 2 aromatic rings. The fourth-order valence-electron chi connectivity index (χ4n) is 1.52. The molecule has 1 aromatic heterocycles. The molecule has 0 fully saturated rings. The van der Waals surface area contributed by atoms with E-state index in [2.05, 4.69) is 15.5 Å². The average molecular weight is 263 g/mol. The van der Waals surface area contributed by atoms with Crippen molar-refractivity contribution >= 4 is 5.91 Å². The number of nitrogens with zero attached hydrogens (tertiary/aromatic N) is 1. The van der Waals surface area contributed by atoms with Crippen LogP contribution >= 0.6 is 0 Å². The standard InChI is InChI=1S/C13H14FN3O2/c14-10-2-1-3-12(8-10)19-9-13(18)15-6-4-11-5-7-16-17-11/h1-3,5,7-8H,4,6,9H2,(H,15,18)(H,16,17). The number of halogens is 1. The molecule has 100 valence electrons. The number of carbonyl (C=O) groups is 1. The molecule has 1 heterocycles. The number of hydrogen-bond donors (Lipinski definition) is 2. The summed E-state index contributed by atoms with van der Waals surface area (Å²) in [7, 11) is 0. The molecule has 0 atom stereocenters. The molecule has 0 radical (unpaired) electrons. The monoisotopic (exact) mass is 263 g/mol. The lowest BCUT2D eigenvalue weighted by Crippen LogP contribution is -2.30. The van der Waals surface area contributed by atoms with E-state index in [9.17, 15) is 9.18 Å². The number of aromatic amines is 1. The summed E-state index contributed by atoms with van der Waals surface area (Å²) in [5.41, 5.74) is 0.950. The molecule has 1 aromatic carbocycles. The van der Waals surface area contributed by atoms with Gasteiger partial charge in [0.25, 0.3) is 5.91 Å². The van der Waals surface area contributed by atoms with Crippen LogP contribution in [0.5, 0.6) is 5.75 Å². The highest BCUT2D eigenvalue weighted by Gasteiger charge is 2.03. The quantitative estimate of drug-likeness (QED) is 0.825. The third kappa shape index (κ3) is 4.42. The number of ether oxygens (including phenoxy) is 1. The Labute approximate surface area is 109 Å². The van der Waals surface area contributed by atoms with E-state index in [4.69, 9.17) is 4.74 Å². The van der Waals surface area contributed by atoms with E-state index in [0.29, 0.717) is 18.7 Å². The summed E-state index contributed by atoms with van der Waals surface area (Å²) in [6.45, 7) is 0.361. The highest BCUT2D eigenvalue weighted by Crippen LogP contribution is 2.11. The summed E-state index contributed by atoms with van der Waals surface area (Å²) >= 11 is 0. The van der Waals surface area contributed by atoms with E-state index in [-0.39, 0.29) is 12.5 Å². The molecule has 19 heavy (non-hydrogen) atoms. The van der Waals surface area contributed by atoms with Crippen molar-refractivity contribution in [3.05, 3.63) is 48.0 Å². The summed E-state index contributed by atoms with van der Waals surface area (Å²) in [5, 5.41) is 9.31. The van der Waals surface area contributed by atoms with Crippen LogP contribution in [0, 0.1) is 5.82 Å². The van der Waals surface area contributed by atoms with Gasteiger partial charge in [-0.25, -0.2) is 4.39 Å². The van der Waals surface area contributed by atoms with Gasteiger partial charge in [0.2, 0.25) is 0 Å². The van der Waals surface area contributed by atoms with Crippen LogP contribution in [0.15, 0.2) is 36.5 Å². The van der Waals surface area contributed by atoms with E-state index in [1.54, 1.807) is 12.3 Å². The lowest BCUT2D eigenvalue weighted by molar-refractivity contribution is -0.123. The summed E-state index contributed by atoms with van der Waals surface area (Å²) in [5.74, 6) is -0.301. The van der Waals surface area contributed by atoms with Crippen LogP contribution in [0.25, 0.3) is 0 Å². The minimum absolute atomic E-state index is 0.133. The first-order chi connectivity index (χ1) is 9.24. The lowest BCUT2D eigenvalue weighted by Gasteiger charge is -2.07. The molecular formula is C13H14FN3O2. The van der Waals surface area contributed by atoms with Gasteiger partial charge in [-0.15, -0.1) is 0 Å². The Bertz CT molecular complexity index is 528. The minimum Gasteiger partial charge on any atom is -0.484 e. The molecule has 6 heteroatoms. The number of hydrogen-bond acceptors (Lipinski definition) is 3. The fraction of sp³-hybridized carbons (Fsp3) is 0.231. The van der Waals surface area contributed by atoms with Gasteiger partial charge in [0.05, 0.1) is 0 Å². The van der Waals surface area contributed by atoms with Gasteiger partial charge in [0.15, 0.2) is 6.61 Å². The predicted octanol–water partition coefficient (Wildman–Crippen LogP) is 1.29. The topological polar surface area (TPSA) is 67.0 Å². The maximum absolute atomic E-state index is 12.9. The van der Waals surface area contributed by atoms with Gasteiger partial charge in [0.1, 0.15) is 11.6 Å². The van der Waals surface area contributed by atoms with Crippen molar-refractivity contribution in [2.45, 2.75) is 6.42 Å². The molecule has 5 nitrogen and oxygen atoms in total. The number of carbonyl (C=O) groups excluding carboxylic acids is 1. The molecular weight excluding hydrogens is 249 g/mol. The zero-order chi connectivity index (χ0) is 13.5. The van der Waals surface area contributed by atoms with E-state index in [1.807, 2.05) is 6.07 Å². The molecule has 1 amide bonds. The summed E-state index contributed by atoms with van der Waals surface area (Å²) < 4.78 is 18.0. The third-order valence-corrected chi connectivity index (χ3v) is 2.44. The van der Waals surface area contributed by atoms with Gasteiger partial charge in [0, 0.05) is 30.9 Å². The summed E-state index contributed by atoms with van der Waals surface area (Å²) in [6, 6.07) is 7.52. The van der Waals surface area contributed by atoms with Crippen molar-refractivity contribution in [2.24, 2.45) is 0 Å². The van der Waals surface area contributed by atoms with Crippen molar-refractivity contribution in [3.8, 4) is 5.75 Å². The molecule has 0 bridgehead atoms. The van der Waals surface area contributed by atoms with Crippen LogP contribution in [0.2, 0.25) is 0 Å². The first-order valence-electron chi connectivity index (χ1n) is 5.87. The van der Waals surface area contributed by atoms with Crippen molar-refractivity contribution in [3.63, 3.8) is 0 Å². The SMILES string of the molecule is O=C(COc1cccc(F)c1)NCCc1ccn[nH]1. The zero-order valence-electron chi connectivity index (χ0n) is 10.2. The number of aromatic nitrogens is 2. The van der Waals surface area contributed by atoms with Crippen molar-refractivity contribution in [2.75, 3.05) is 13.2 Å². The van der Waals surface area contributed by atoms with Crippen LogP contribution < -0.4 is 10.1 Å². The number of amides is 1. The lowest BCUT2D eigenvalue weighted by atomic mass is 10.3. The molecule has 0 aliphatic rings. The van der Waals surface area contributed by atoms with Crippen LogP contribution in [0.1, 0.15) is 5.69 Å². The van der Waals surface area contributed by atoms with Crippen LogP contribution in [0.3, 0.4) is 0 Å². The first-order valence-corrected chi connectivity index (χ1v) is 5.87. The van der Waals surface area contributed by atoms with E-state index in [1.165, 1.54) is 18.2 Å². The second-order valence-electron chi connectivity index (χ2n) is 3.93. The highest BCUT2D eigenvalue weighted by atomic mass is 19.1. The average Bonchev–Trinajstić information content (AvgIpc) is 2.90. The van der Waals surface area contributed by atoms with Crippen LogP contribution in [0.4, 0.5) is 4.39 Å². The first kappa shape index (κ1) is 13.1. The van der Waals surface area contributed by atoms with Gasteiger partial charge in [-0.05, 0) is 18.2 Å². The molecule has 0 spiro atoms. The predicted molar refractivity (Wildman–Crippen MR) is 67.2 cm³/mol. The van der Waals surface area contributed by atoms with Crippen molar-refractivity contribution < 1.29 is 13.9 Å². The van der Waals surface area contributed by atoms with Crippen molar-refractivity contribution in [1.82, 2.24) is 15.5 Å². The van der Waals surface area contributed by atoms with E-state index >= 15 is 0 Å². The molecule has 0 saturated heterocycles. The van der Waals surface area contributed by atoms with E-state index in [0.717, 1.165) is 5.69 Å². The molecule has 0 unspecified atom stereocenters. The second-order valence-corrected chi connectivity index (χ2v) is 3.93. The van der Waals surface area contributed by atoms with Gasteiger partial charge >= 0.3 is 0 Å². The highest BCUT2D eigenvalue weighted by molar-refractivity contribution is 5.77. The maximum atomic E-state index is 12.9. The maximum Gasteiger partial charge on any atom is 0.257 e. The minimum atomic E-state index is -0.392. The second kappa shape index (κ2) is 6.53. The molecule has 0 saturated carbocycles. The molecule has 2 N–H and O–H groups in total. The summed E-state index contributed by atoms with van der Waals surface area (Å²) in [4.78, 5) is 11.5. The molecule has 0 aliphatic carbocycles. The van der Waals surface area contributed by atoms with E-state index < -0.39 is 5.82 Å². The Balaban J connectivity index is 1.67. The third-order valence-electron chi connectivity index (χ3n) is 2.44. The molecule has 0 aliphatic heterocycles. The van der Waals surface area contributed by atoms with Crippen LogP contribution in [-0.4, -0.2) is 29.3 Å². The smallest absolute Gasteiger partial charge is 0.257 e. The Hall–Kier alpha value is -2.37. The number of benzene rings is 1. The zero-order valence-corrected chi connectivity index (χ0v) is 10.2. The van der Waals surface area contributed by atoms with Gasteiger partial charge in [-0.3, -0.25) is 9.89 Å². The Kier molecular flexibility index (Phi) is 4.49. The van der Waals surface area contributed by atoms with Crippen molar-refractivity contribution in [1.29, 1.82) is 0 Å². The normalized spacial score (nSPS) is 10.2. The molecule has 2 rings (SSSR count). The number of H-pyrrole nitrogens is 1. The summed E-state index contributed by atoms with van der Waals surface area (Å²) in [6.07, 6.45) is 2.33. The fourth-order valence-corrected chi connectivity index (χ4v) is 1.52. The Morgan fingerprint density at radius 2 is 2.32 bits per heavy atom. The van der Waals surface area contributed by atoms with Gasteiger partial charge in [-0.2, -0.15) is 5.10 Å². The largest absolute Gasteiger partial charge is 0.484 e. The Morgan fingerprint density at radius 1 is 1.42 bits per heavy atom. The number of rotatable bonds is 6. The Morgan fingerprint density at radius 3 is 3.05 bits per heavy atom. The number of nitrogens with one attached hydrogen (secondary N) is 2. The van der Waals surface area contributed by atoms with Gasteiger partial charge in [-0.1, -0.05) is 6.07 Å². The van der Waals surface area contributed by atoms with Gasteiger partial charge < -0.3 is 10.1 Å².